The average molecular weight is 887 g/mol. The van der Waals surface area contributed by atoms with Gasteiger partial charge in [0, 0.05) is 13.0 Å². The molecule has 14 heteroatoms. The lowest BCUT2D eigenvalue weighted by molar-refractivity contribution is -0.332. The van der Waals surface area contributed by atoms with Crippen molar-refractivity contribution in [3.63, 3.8) is 0 Å². The molecule has 2 fully saturated rings. The second kappa shape index (κ2) is 36.4. The van der Waals surface area contributed by atoms with E-state index < -0.39 is 86.7 Å². The molecule has 2 rings (SSSR count). The number of rotatable bonds is 37. The predicted molar refractivity (Wildman–Crippen MR) is 238 cm³/mol. The van der Waals surface area contributed by atoms with E-state index in [-0.39, 0.29) is 19.6 Å². The van der Waals surface area contributed by atoms with Crippen molar-refractivity contribution in [1.82, 2.24) is 0 Å². The summed E-state index contributed by atoms with van der Waals surface area (Å²) in [5.74, 6) is -0.392. The van der Waals surface area contributed by atoms with Gasteiger partial charge < -0.3 is 64.2 Å². The minimum Gasteiger partial charge on any atom is -0.457 e. The van der Waals surface area contributed by atoms with Crippen LogP contribution in [0.3, 0.4) is 0 Å². The maximum atomic E-state index is 12.9. The summed E-state index contributed by atoms with van der Waals surface area (Å²) in [7, 11) is 0. The van der Waals surface area contributed by atoms with Crippen LogP contribution >= 0.6 is 0 Å². The third-order valence-corrected chi connectivity index (χ3v) is 11.4. The molecule has 14 nitrogen and oxygen atoms in total. The van der Waals surface area contributed by atoms with Crippen LogP contribution < -0.4 is 0 Å². The van der Waals surface area contributed by atoms with Crippen molar-refractivity contribution in [2.45, 2.75) is 229 Å². The number of carbonyl (C=O) groups is 1. The first-order valence-electron chi connectivity index (χ1n) is 24.1. The summed E-state index contributed by atoms with van der Waals surface area (Å²) >= 11 is 0. The Hall–Kier alpha value is -1.79. The van der Waals surface area contributed by atoms with E-state index in [9.17, 15) is 40.5 Å². The van der Waals surface area contributed by atoms with Crippen molar-refractivity contribution in [3.05, 3.63) is 36.5 Å². The Balaban J connectivity index is 1.79. The van der Waals surface area contributed by atoms with Crippen molar-refractivity contribution in [1.29, 1.82) is 0 Å². The normalized spacial score (nSPS) is 27.5. The monoisotopic (exact) mass is 887 g/mol. The standard InChI is InChI=1S/C48H86O14/c1-3-5-7-9-11-13-15-16-17-18-19-20-22-24-26-28-30-32-57-34-37(60-40(50)31-29-27-25-23-21-14-12-10-8-6-4-2)35-58-47-46(56)44(54)42(52)39(62-47)36-59-48-45(55)43(53)41(51)38(33-49)61-48/h10,12-13,15,17-18,37-39,41-49,51-56H,3-9,11,14,16,19-36H2,1-2H3/b12-10-,15-13-,18-17-. The Morgan fingerprint density at radius 2 is 1.02 bits per heavy atom. The van der Waals surface area contributed by atoms with Gasteiger partial charge in [0.2, 0.25) is 0 Å². The molecule has 11 unspecified atom stereocenters. The number of aliphatic hydroxyl groups excluding tert-OH is 7. The predicted octanol–water partition coefficient (Wildman–Crippen LogP) is 6.24. The molecule has 2 heterocycles. The van der Waals surface area contributed by atoms with Gasteiger partial charge in [0.1, 0.15) is 54.9 Å². The first-order chi connectivity index (χ1) is 30.1. The second-order valence-electron chi connectivity index (χ2n) is 16.9. The van der Waals surface area contributed by atoms with Crippen molar-refractivity contribution in [3.8, 4) is 0 Å². The highest BCUT2D eigenvalue weighted by atomic mass is 16.7. The minimum atomic E-state index is -1.71. The van der Waals surface area contributed by atoms with Gasteiger partial charge in [-0.25, -0.2) is 0 Å². The highest BCUT2D eigenvalue weighted by Crippen LogP contribution is 2.26. The zero-order valence-electron chi connectivity index (χ0n) is 38.1. The Morgan fingerprint density at radius 1 is 0.532 bits per heavy atom. The topological polar surface area (TPSA) is 214 Å². The third-order valence-electron chi connectivity index (χ3n) is 11.4. The molecule has 0 aromatic rings. The van der Waals surface area contributed by atoms with Crippen molar-refractivity contribution in [2.24, 2.45) is 0 Å². The molecular weight excluding hydrogens is 801 g/mol. The number of aliphatic hydroxyl groups is 7. The van der Waals surface area contributed by atoms with Gasteiger partial charge in [-0.15, -0.1) is 0 Å². The first-order valence-corrected chi connectivity index (χ1v) is 24.1. The minimum absolute atomic E-state index is 0.0511. The molecule has 0 aromatic carbocycles. The molecule has 0 saturated carbocycles. The molecule has 0 bridgehead atoms. The van der Waals surface area contributed by atoms with Gasteiger partial charge in [-0.3, -0.25) is 4.79 Å². The lowest BCUT2D eigenvalue weighted by Gasteiger charge is -2.42. The summed E-state index contributed by atoms with van der Waals surface area (Å²) in [6.45, 7) is 3.58. The van der Waals surface area contributed by atoms with Gasteiger partial charge >= 0.3 is 5.97 Å². The van der Waals surface area contributed by atoms with E-state index in [1.807, 2.05) is 0 Å². The summed E-state index contributed by atoms with van der Waals surface area (Å²) in [5, 5.41) is 71.9. The van der Waals surface area contributed by atoms with Gasteiger partial charge in [-0.05, 0) is 64.2 Å². The largest absolute Gasteiger partial charge is 0.457 e. The number of esters is 1. The molecular formula is C48H86O14. The van der Waals surface area contributed by atoms with Crippen LogP contribution in [0.2, 0.25) is 0 Å². The van der Waals surface area contributed by atoms with E-state index in [1.165, 1.54) is 57.8 Å². The summed E-state index contributed by atoms with van der Waals surface area (Å²) in [6.07, 6.45) is 22.1. The Bertz CT molecular complexity index is 1170. The number of unbranched alkanes of at least 4 members (excludes halogenated alkanes) is 17. The number of hydrogen-bond acceptors (Lipinski definition) is 14. The van der Waals surface area contributed by atoms with E-state index in [0.717, 1.165) is 77.0 Å². The van der Waals surface area contributed by atoms with Gasteiger partial charge in [-0.1, -0.05) is 127 Å². The van der Waals surface area contributed by atoms with Crippen molar-refractivity contribution in [2.75, 3.05) is 33.0 Å². The molecule has 0 radical (unpaired) electrons. The Morgan fingerprint density at radius 3 is 1.61 bits per heavy atom. The molecule has 2 aliphatic heterocycles. The van der Waals surface area contributed by atoms with E-state index in [1.54, 1.807) is 0 Å². The molecule has 362 valence electrons. The third kappa shape index (κ3) is 24.5. The Kier molecular flexibility index (Phi) is 33.1. The quantitative estimate of drug-likeness (QED) is 0.0209. The second-order valence-corrected chi connectivity index (χ2v) is 16.9. The van der Waals surface area contributed by atoms with E-state index in [4.69, 9.17) is 28.4 Å². The lowest BCUT2D eigenvalue weighted by Crippen LogP contribution is -2.61. The fourth-order valence-electron chi connectivity index (χ4n) is 7.35. The smallest absolute Gasteiger partial charge is 0.306 e. The van der Waals surface area contributed by atoms with Gasteiger partial charge in [0.25, 0.3) is 0 Å². The lowest BCUT2D eigenvalue weighted by atomic mass is 9.98. The molecule has 11 atom stereocenters. The van der Waals surface area contributed by atoms with Crippen LogP contribution in [0.15, 0.2) is 36.5 Å². The molecule has 0 amide bonds. The summed E-state index contributed by atoms with van der Waals surface area (Å²) in [5.41, 5.74) is 0. The van der Waals surface area contributed by atoms with Gasteiger partial charge in [0.05, 0.1) is 26.4 Å². The highest BCUT2D eigenvalue weighted by Gasteiger charge is 2.47. The molecule has 2 aliphatic rings. The number of hydrogen-bond donors (Lipinski definition) is 7. The number of ether oxygens (including phenoxy) is 6. The van der Waals surface area contributed by atoms with Crippen LogP contribution in [-0.4, -0.2) is 142 Å². The maximum absolute atomic E-state index is 12.9. The Labute approximate surface area is 372 Å². The summed E-state index contributed by atoms with van der Waals surface area (Å²) < 4.78 is 34.2. The highest BCUT2D eigenvalue weighted by molar-refractivity contribution is 5.69. The van der Waals surface area contributed by atoms with Crippen LogP contribution in [-0.2, 0) is 33.2 Å². The number of allylic oxidation sites excluding steroid dienone is 6. The van der Waals surface area contributed by atoms with Crippen LogP contribution in [0.4, 0.5) is 0 Å². The van der Waals surface area contributed by atoms with Crippen LogP contribution in [0, 0.1) is 0 Å². The molecule has 2 saturated heterocycles. The zero-order chi connectivity index (χ0) is 45.2. The van der Waals surface area contributed by atoms with E-state index in [2.05, 4.69) is 50.3 Å². The first kappa shape index (κ1) is 56.3. The van der Waals surface area contributed by atoms with Crippen molar-refractivity contribution < 1.29 is 69.0 Å². The number of carbonyl (C=O) groups excluding carboxylic acids is 1. The molecule has 0 aliphatic carbocycles. The average Bonchev–Trinajstić information content (AvgIpc) is 3.27. The molecule has 0 aromatic heterocycles. The molecule has 0 spiro atoms. The van der Waals surface area contributed by atoms with Crippen molar-refractivity contribution >= 4 is 5.97 Å². The summed E-state index contributed by atoms with van der Waals surface area (Å²) in [4.78, 5) is 12.9. The van der Waals surface area contributed by atoms with Crippen LogP contribution in [0.25, 0.3) is 0 Å². The van der Waals surface area contributed by atoms with Gasteiger partial charge in [-0.2, -0.15) is 0 Å². The zero-order valence-corrected chi connectivity index (χ0v) is 38.1. The van der Waals surface area contributed by atoms with E-state index >= 15 is 0 Å². The molecule has 62 heavy (non-hydrogen) atoms. The van der Waals surface area contributed by atoms with E-state index in [0.29, 0.717) is 13.0 Å². The van der Waals surface area contributed by atoms with Crippen LogP contribution in [0.5, 0.6) is 0 Å². The SMILES string of the molecule is CCCC/C=C\CCCCCCCC(=O)OC(COCCCCCCCC/C=C\C/C=C\CCCCCC)COC1OC(COC2OC(CO)C(O)C(O)C2O)C(O)C(O)C1O. The fraction of sp³-hybridized carbons (Fsp3) is 0.854. The molecule has 7 N–H and O–H groups in total. The fourth-order valence-corrected chi connectivity index (χ4v) is 7.35. The van der Waals surface area contributed by atoms with Gasteiger partial charge in [0.15, 0.2) is 12.6 Å². The van der Waals surface area contributed by atoms with Crippen LogP contribution in [0.1, 0.15) is 162 Å². The maximum Gasteiger partial charge on any atom is 0.306 e. The summed E-state index contributed by atoms with van der Waals surface area (Å²) in [6, 6.07) is 0.